The predicted molar refractivity (Wildman–Crippen MR) is 106 cm³/mol. The largest absolute Gasteiger partial charge is 0.339 e. The molecular formula is C20H36ClN3O2. The summed E-state index contributed by atoms with van der Waals surface area (Å²) in [5.41, 5.74) is 0. The molecule has 0 spiro atoms. The van der Waals surface area contributed by atoms with Crippen molar-refractivity contribution in [1.29, 1.82) is 0 Å². The van der Waals surface area contributed by atoms with Gasteiger partial charge in [-0.3, -0.25) is 9.59 Å². The van der Waals surface area contributed by atoms with E-state index < -0.39 is 0 Å². The number of rotatable bonds is 4. The van der Waals surface area contributed by atoms with E-state index in [-0.39, 0.29) is 24.2 Å². The predicted octanol–water partition coefficient (Wildman–Crippen LogP) is 2.69. The van der Waals surface area contributed by atoms with Crippen LogP contribution in [0, 0.1) is 17.8 Å². The van der Waals surface area contributed by atoms with Gasteiger partial charge in [0.05, 0.1) is 0 Å². The third-order valence-corrected chi connectivity index (χ3v) is 6.53. The maximum atomic E-state index is 12.6. The fraction of sp³-hybridized carbons (Fsp3) is 0.900. The van der Waals surface area contributed by atoms with E-state index in [0.29, 0.717) is 37.3 Å². The molecule has 0 bridgehead atoms. The maximum Gasteiger partial charge on any atom is 0.225 e. The molecular weight excluding hydrogens is 350 g/mol. The lowest BCUT2D eigenvalue weighted by Gasteiger charge is -2.38. The van der Waals surface area contributed by atoms with Crippen LogP contribution in [-0.2, 0) is 9.59 Å². The molecule has 2 unspecified atom stereocenters. The van der Waals surface area contributed by atoms with Crippen molar-refractivity contribution < 1.29 is 9.59 Å². The van der Waals surface area contributed by atoms with E-state index in [4.69, 9.17) is 0 Å². The van der Waals surface area contributed by atoms with E-state index in [0.717, 1.165) is 39.0 Å². The Kier molecular flexibility index (Phi) is 8.68. The number of hydrogen-bond acceptors (Lipinski definition) is 3. The summed E-state index contributed by atoms with van der Waals surface area (Å²) in [5, 5.41) is 3.45. The minimum absolute atomic E-state index is 0. The van der Waals surface area contributed by atoms with Crippen LogP contribution in [0.5, 0.6) is 0 Å². The number of hydrogen-bond donors (Lipinski definition) is 1. The topological polar surface area (TPSA) is 52.7 Å². The summed E-state index contributed by atoms with van der Waals surface area (Å²) in [5.74, 6) is 1.94. The summed E-state index contributed by atoms with van der Waals surface area (Å²) >= 11 is 0. The van der Waals surface area contributed by atoms with Crippen molar-refractivity contribution in [3.05, 3.63) is 0 Å². The van der Waals surface area contributed by atoms with E-state index >= 15 is 0 Å². The summed E-state index contributed by atoms with van der Waals surface area (Å²) in [6, 6.07) is 0. The van der Waals surface area contributed by atoms with Crippen LogP contribution in [0.15, 0.2) is 0 Å². The van der Waals surface area contributed by atoms with Gasteiger partial charge in [-0.15, -0.1) is 12.4 Å². The highest BCUT2D eigenvalue weighted by molar-refractivity contribution is 5.85. The quantitative estimate of drug-likeness (QED) is 0.809. The molecule has 2 heterocycles. The molecule has 2 atom stereocenters. The van der Waals surface area contributed by atoms with Gasteiger partial charge >= 0.3 is 0 Å². The van der Waals surface area contributed by atoms with Gasteiger partial charge in [0.1, 0.15) is 0 Å². The number of carbonyl (C=O) groups excluding carboxylic acids is 2. The molecule has 150 valence electrons. The normalized spacial score (nSPS) is 26.1. The minimum Gasteiger partial charge on any atom is -0.339 e. The summed E-state index contributed by atoms with van der Waals surface area (Å²) in [7, 11) is 0. The van der Waals surface area contributed by atoms with Gasteiger partial charge in [0.2, 0.25) is 11.8 Å². The Morgan fingerprint density at radius 2 is 1.62 bits per heavy atom. The van der Waals surface area contributed by atoms with Crippen molar-refractivity contribution in [3.63, 3.8) is 0 Å². The summed E-state index contributed by atoms with van der Waals surface area (Å²) < 4.78 is 0. The van der Waals surface area contributed by atoms with Crippen molar-refractivity contribution in [2.45, 2.75) is 58.3 Å². The summed E-state index contributed by atoms with van der Waals surface area (Å²) in [6.45, 7) is 7.27. The van der Waals surface area contributed by atoms with Gasteiger partial charge < -0.3 is 15.1 Å². The van der Waals surface area contributed by atoms with Crippen molar-refractivity contribution in [3.8, 4) is 0 Å². The molecule has 0 aromatic rings. The van der Waals surface area contributed by atoms with Gasteiger partial charge in [-0.25, -0.2) is 0 Å². The van der Waals surface area contributed by atoms with Crippen LogP contribution >= 0.6 is 12.4 Å². The van der Waals surface area contributed by atoms with Gasteiger partial charge in [0.15, 0.2) is 0 Å². The average molecular weight is 386 g/mol. The zero-order chi connectivity index (χ0) is 17.6. The van der Waals surface area contributed by atoms with Crippen molar-refractivity contribution >= 4 is 24.2 Å². The van der Waals surface area contributed by atoms with Crippen LogP contribution in [0.3, 0.4) is 0 Å². The molecule has 2 saturated heterocycles. The molecule has 0 aromatic heterocycles. The van der Waals surface area contributed by atoms with Gasteiger partial charge in [-0.05, 0) is 50.6 Å². The number of carbonyl (C=O) groups is 2. The number of halogens is 1. The van der Waals surface area contributed by atoms with Crippen LogP contribution in [-0.4, -0.2) is 60.9 Å². The highest BCUT2D eigenvalue weighted by Gasteiger charge is 2.30. The fourth-order valence-electron chi connectivity index (χ4n) is 4.72. The third-order valence-electron chi connectivity index (χ3n) is 6.53. The highest BCUT2D eigenvalue weighted by Crippen LogP contribution is 2.26. The van der Waals surface area contributed by atoms with Gasteiger partial charge in [0, 0.05) is 38.5 Å². The molecule has 5 nitrogen and oxygen atoms in total. The molecule has 2 aliphatic heterocycles. The molecule has 0 aromatic carbocycles. The first-order valence-corrected chi connectivity index (χ1v) is 10.4. The number of amides is 2. The molecule has 1 aliphatic carbocycles. The summed E-state index contributed by atoms with van der Waals surface area (Å²) in [6.07, 6.45) is 8.92. The number of nitrogens with one attached hydrogen (secondary N) is 1. The van der Waals surface area contributed by atoms with Crippen LogP contribution in [0.1, 0.15) is 58.3 Å². The lowest BCUT2D eigenvalue weighted by atomic mass is 9.85. The van der Waals surface area contributed by atoms with Crippen molar-refractivity contribution in [1.82, 2.24) is 15.1 Å². The number of nitrogens with zero attached hydrogens (tertiary/aromatic N) is 2. The molecule has 6 heteroatoms. The second-order valence-electron chi connectivity index (χ2n) is 8.33. The molecule has 1 saturated carbocycles. The van der Waals surface area contributed by atoms with Gasteiger partial charge in [0.25, 0.3) is 0 Å². The van der Waals surface area contributed by atoms with E-state index in [1.54, 1.807) is 0 Å². The van der Waals surface area contributed by atoms with Gasteiger partial charge in [-0.1, -0.05) is 26.2 Å². The van der Waals surface area contributed by atoms with E-state index in [1.807, 2.05) is 9.80 Å². The van der Waals surface area contributed by atoms with Gasteiger partial charge in [-0.2, -0.15) is 0 Å². The zero-order valence-electron chi connectivity index (χ0n) is 16.3. The van der Waals surface area contributed by atoms with Crippen LogP contribution in [0.4, 0.5) is 0 Å². The van der Waals surface area contributed by atoms with Crippen LogP contribution in [0.2, 0.25) is 0 Å². The lowest BCUT2D eigenvalue weighted by Crippen LogP contribution is -2.52. The zero-order valence-corrected chi connectivity index (χ0v) is 17.1. The van der Waals surface area contributed by atoms with E-state index in [1.165, 1.54) is 32.1 Å². The van der Waals surface area contributed by atoms with Crippen LogP contribution < -0.4 is 5.32 Å². The fourth-order valence-corrected chi connectivity index (χ4v) is 4.72. The molecule has 3 aliphatic rings. The van der Waals surface area contributed by atoms with Crippen LogP contribution in [0.25, 0.3) is 0 Å². The second-order valence-corrected chi connectivity index (χ2v) is 8.33. The second kappa shape index (κ2) is 10.5. The molecule has 3 fully saturated rings. The SMILES string of the molecule is CC(CC(=O)N1CCN(C(=O)C2CCCCC2)CC1)C1CCCNC1.Cl. The Labute approximate surface area is 164 Å². The van der Waals surface area contributed by atoms with Crippen molar-refractivity contribution in [2.24, 2.45) is 17.8 Å². The molecule has 1 N–H and O–H groups in total. The Bertz CT molecular complexity index is 454. The standard InChI is InChI=1S/C20H35N3O2.ClH/c1-16(18-8-5-9-21-15-18)14-19(24)22-10-12-23(13-11-22)20(25)17-6-3-2-4-7-17;/h16-18,21H,2-15H2,1H3;1H. The maximum absolute atomic E-state index is 12.6. The first-order valence-electron chi connectivity index (χ1n) is 10.4. The Morgan fingerprint density at radius 1 is 0.962 bits per heavy atom. The number of piperazine rings is 1. The Hall–Kier alpha value is -0.810. The molecule has 0 radical (unpaired) electrons. The Morgan fingerprint density at radius 3 is 2.23 bits per heavy atom. The minimum atomic E-state index is 0. The average Bonchev–Trinajstić information content (AvgIpc) is 2.69. The number of piperidine rings is 1. The third kappa shape index (κ3) is 5.59. The lowest BCUT2D eigenvalue weighted by molar-refractivity contribution is -0.143. The smallest absolute Gasteiger partial charge is 0.225 e. The highest BCUT2D eigenvalue weighted by atomic mass is 35.5. The molecule has 3 rings (SSSR count). The molecule has 26 heavy (non-hydrogen) atoms. The summed E-state index contributed by atoms with van der Waals surface area (Å²) in [4.78, 5) is 29.3. The van der Waals surface area contributed by atoms with E-state index in [9.17, 15) is 9.59 Å². The molecule has 2 amide bonds. The first-order chi connectivity index (χ1) is 12.1. The van der Waals surface area contributed by atoms with Crippen molar-refractivity contribution in [2.75, 3.05) is 39.3 Å². The monoisotopic (exact) mass is 385 g/mol. The first kappa shape index (κ1) is 21.5. The Balaban J connectivity index is 0.00000243. The van der Waals surface area contributed by atoms with E-state index in [2.05, 4.69) is 12.2 Å².